The van der Waals surface area contributed by atoms with Gasteiger partial charge in [0, 0.05) is 0 Å². The molecule has 3 N–H and O–H groups in total. The van der Waals surface area contributed by atoms with Crippen LogP contribution in [-0.4, -0.2) is 23.0 Å². The van der Waals surface area contributed by atoms with Crippen molar-refractivity contribution in [2.75, 3.05) is 0 Å². The second-order valence-corrected chi connectivity index (χ2v) is 1.28. The predicted molar refractivity (Wildman–Crippen MR) is 15.9 cm³/mol. The first-order valence-corrected chi connectivity index (χ1v) is 2.05. The number of hydrogen-bond donors (Lipinski definition) is 1. The van der Waals surface area contributed by atoms with Crippen LogP contribution in [0.5, 0.6) is 0 Å². The van der Waals surface area contributed by atoms with E-state index >= 15 is 0 Å². The van der Waals surface area contributed by atoms with Crippen molar-refractivity contribution in [1.29, 1.82) is 0 Å². The van der Waals surface area contributed by atoms with Crippen LogP contribution in [-0.2, 0) is 10.4 Å². The van der Waals surface area contributed by atoms with Crippen LogP contribution in [0.1, 0.15) is 0 Å². The van der Waals surface area contributed by atoms with Crippen molar-refractivity contribution in [1.82, 2.24) is 0 Å². The minimum atomic E-state index is -4.92. The van der Waals surface area contributed by atoms with Crippen molar-refractivity contribution in [2.24, 2.45) is 0 Å². The van der Waals surface area contributed by atoms with Gasteiger partial charge < -0.3 is 22.4 Å². The Morgan fingerprint density at radius 3 is 1.33 bits per heavy atom. The van der Waals surface area contributed by atoms with Gasteiger partial charge in [0.2, 0.25) is 10.4 Å². The van der Waals surface area contributed by atoms with E-state index in [1.54, 1.807) is 0 Å². The fourth-order valence-corrected chi connectivity index (χ4v) is 0. The van der Waals surface area contributed by atoms with Crippen LogP contribution in [0.15, 0.2) is 0 Å². The van der Waals surface area contributed by atoms with Gasteiger partial charge in [-0.15, -0.1) is 0 Å². The van der Waals surface area contributed by atoms with Crippen LogP contribution in [0.3, 0.4) is 0 Å². The predicted octanol–water partition coefficient (Wildman–Crippen LogP) is -10.8. The number of rotatable bonds is 0. The monoisotopic (exact) mass is 212 g/mol. The summed E-state index contributed by atoms with van der Waals surface area (Å²) in [6, 6.07) is 0. The molecule has 0 aromatic heterocycles. The molecule has 0 aromatic carbocycles. The van der Waals surface area contributed by atoms with E-state index in [-0.39, 0.29) is 98.8 Å². The molecule has 5 nitrogen and oxygen atoms in total. The zero-order valence-electron chi connectivity index (χ0n) is 4.96. The summed E-state index contributed by atoms with van der Waals surface area (Å²) in [5.74, 6) is 0. The average Bonchev–Trinajstić information content (AvgIpc) is 0.722. The van der Waals surface area contributed by atoms with E-state index in [0.29, 0.717) is 0 Å². The molecule has 0 heterocycles. The molecular weight excluding hydrogens is 210 g/mol. The van der Waals surface area contributed by atoms with E-state index in [0.717, 1.165) is 0 Å². The summed E-state index contributed by atoms with van der Waals surface area (Å²) in [7, 11) is -4.92. The molecule has 0 bridgehead atoms. The Labute approximate surface area is 124 Å². The Morgan fingerprint density at radius 2 is 1.33 bits per heavy atom. The molecule has 0 rings (SSSR count). The van der Waals surface area contributed by atoms with E-state index in [1.807, 2.05) is 0 Å². The summed E-state index contributed by atoms with van der Waals surface area (Å²) >= 11 is 0. The Bertz CT molecular complexity index is 100. The first kappa shape index (κ1) is 29.8. The van der Waals surface area contributed by atoms with E-state index in [9.17, 15) is 0 Å². The summed E-state index contributed by atoms with van der Waals surface area (Å²) < 4.78 is 32.8. The molecule has 0 saturated heterocycles. The second-order valence-electron chi connectivity index (χ2n) is 0.428. The van der Waals surface area contributed by atoms with Crippen LogP contribution in [0.25, 0.3) is 0 Å². The van der Waals surface area contributed by atoms with Gasteiger partial charge in [-0.25, -0.2) is 8.42 Å². The molecular formula is H3ClKNaO5S. The van der Waals surface area contributed by atoms with E-state index in [1.165, 1.54) is 0 Å². The maximum Gasteiger partial charge on any atom is 1.00 e. The molecule has 9 heavy (non-hydrogen) atoms. The standard InChI is InChI=1S/ClH.K.Na.H2O4S.H2O/c;;;1-5(2,3)4;/h1H;;;(H2,1,2,3,4);1H2/q;2*+1;;/p-2. The van der Waals surface area contributed by atoms with Gasteiger partial charge in [-0.1, -0.05) is 0 Å². The zero-order chi connectivity index (χ0) is 4.50. The Hall–Kier alpha value is 2.76. The SMILES string of the molecule is O.O=S(=O)([O-])O.[Cl-].[K+].[Na+]. The topological polar surface area (TPSA) is 109 Å². The Balaban J connectivity index is -0.0000000133. The molecule has 0 aliphatic heterocycles. The Morgan fingerprint density at radius 1 is 1.33 bits per heavy atom. The van der Waals surface area contributed by atoms with E-state index in [2.05, 4.69) is 0 Å². The molecule has 48 valence electrons. The number of halogens is 1. The van der Waals surface area contributed by atoms with Crippen molar-refractivity contribution >= 4 is 10.4 Å². The normalized spacial score (nSPS) is 6.44. The molecule has 0 spiro atoms. The third kappa shape index (κ3) is 109. The summed E-state index contributed by atoms with van der Waals surface area (Å²) in [6.45, 7) is 0. The molecule has 0 fully saturated rings. The third-order valence-corrected chi connectivity index (χ3v) is 0. The molecule has 9 heteroatoms. The van der Waals surface area contributed by atoms with Gasteiger partial charge in [0.05, 0.1) is 0 Å². The average molecular weight is 213 g/mol. The quantitative estimate of drug-likeness (QED) is 0.244. The largest absolute Gasteiger partial charge is 1.00 e. The molecule has 0 saturated carbocycles. The summed E-state index contributed by atoms with van der Waals surface area (Å²) in [5.41, 5.74) is 0. The van der Waals surface area contributed by atoms with Crippen LogP contribution in [0.2, 0.25) is 0 Å². The van der Waals surface area contributed by atoms with Gasteiger partial charge in [-0.2, -0.15) is 0 Å². The van der Waals surface area contributed by atoms with Crippen molar-refractivity contribution in [3.8, 4) is 0 Å². The molecule has 0 aromatic rings. The van der Waals surface area contributed by atoms with Crippen molar-refractivity contribution in [3.63, 3.8) is 0 Å². The van der Waals surface area contributed by atoms with Crippen molar-refractivity contribution in [3.05, 3.63) is 0 Å². The zero-order valence-corrected chi connectivity index (χ0v) is 11.7. The van der Waals surface area contributed by atoms with Crippen molar-refractivity contribution < 1.29 is 116 Å². The van der Waals surface area contributed by atoms with Crippen molar-refractivity contribution in [2.45, 2.75) is 0 Å². The van der Waals surface area contributed by atoms with Gasteiger partial charge in [-0.05, 0) is 0 Å². The maximum atomic E-state index is 8.63. The molecule has 0 aliphatic carbocycles. The fourth-order valence-electron chi connectivity index (χ4n) is 0. The van der Waals surface area contributed by atoms with Crippen LogP contribution in [0, 0.1) is 0 Å². The van der Waals surface area contributed by atoms with Gasteiger partial charge in [0.1, 0.15) is 0 Å². The Kier molecular flexibility index (Phi) is 44.2. The van der Waals surface area contributed by atoms with Gasteiger partial charge >= 0.3 is 80.9 Å². The maximum absolute atomic E-state index is 8.63. The van der Waals surface area contributed by atoms with Gasteiger partial charge in [-0.3, -0.25) is 4.55 Å². The summed E-state index contributed by atoms with van der Waals surface area (Å²) in [6.07, 6.45) is 0. The smallest absolute Gasteiger partial charge is 1.00 e. The van der Waals surface area contributed by atoms with E-state index < -0.39 is 10.4 Å². The summed E-state index contributed by atoms with van der Waals surface area (Å²) in [4.78, 5) is 0. The van der Waals surface area contributed by atoms with Crippen LogP contribution >= 0.6 is 0 Å². The fraction of sp³-hybridized carbons (Fsp3) is 0. The minimum Gasteiger partial charge on any atom is -1.00 e. The third-order valence-electron chi connectivity index (χ3n) is 0. The molecule has 0 atom stereocenters. The van der Waals surface area contributed by atoms with Gasteiger partial charge in [0.15, 0.2) is 0 Å². The first-order valence-electron chi connectivity index (χ1n) is 0.683. The van der Waals surface area contributed by atoms with Crippen LogP contribution < -0.4 is 93.3 Å². The molecule has 0 amide bonds. The van der Waals surface area contributed by atoms with E-state index in [4.69, 9.17) is 17.5 Å². The van der Waals surface area contributed by atoms with Gasteiger partial charge in [0.25, 0.3) is 0 Å². The minimum absolute atomic E-state index is 0. The number of hydrogen-bond acceptors (Lipinski definition) is 3. The summed E-state index contributed by atoms with van der Waals surface area (Å²) in [5, 5.41) is 0. The molecule has 0 aliphatic rings. The van der Waals surface area contributed by atoms with Crippen LogP contribution in [0.4, 0.5) is 0 Å². The molecule has 0 radical (unpaired) electrons. The first-order chi connectivity index (χ1) is 2.00. The molecule has 0 unspecified atom stereocenters. The second kappa shape index (κ2) is 13.4.